The molecule has 0 amide bonds. The first kappa shape index (κ1) is 14.4. The molecule has 0 aliphatic rings. The van der Waals surface area contributed by atoms with Gasteiger partial charge < -0.3 is 10.9 Å². The molecule has 0 radical (unpaired) electrons. The number of oxime groups is 1. The second kappa shape index (κ2) is 6.90. The third kappa shape index (κ3) is 4.29. The molecule has 3 N–H and O–H groups in total. The topological polar surface area (TPSA) is 61.8 Å². The highest BCUT2D eigenvalue weighted by Gasteiger charge is 2.11. The number of nitrogens with two attached hydrogens (primary N) is 1. The highest BCUT2D eigenvalue weighted by molar-refractivity contribution is 5.81. The number of rotatable bonds is 6. The van der Waals surface area contributed by atoms with Crippen LogP contribution in [0, 0.1) is 11.6 Å². The predicted octanol–water partition coefficient (Wildman–Crippen LogP) is 1.92. The van der Waals surface area contributed by atoms with E-state index in [-0.39, 0.29) is 24.5 Å². The average molecular weight is 257 g/mol. The van der Waals surface area contributed by atoms with Gasteiger partial charge in [-0.25, -0.2) is 8.78 Å². The van der Waals surface area contributed by atoms with Crippen molar-refractivity contribution in [3.05, 3.63) is 35.4 Å². The minimum absolute atomic E-state index is 0.0419. The molecular weight excluding hydrogens is 240 g/mol. The lowest BCUT2D eigenvalue weighted by atomic mass is 10.2. The Labute approximate surface area is 105 Å². The van der Waals surface area contributed by atoms with E-state index in [4.69, 9.17) is 10.9 Å². The van der Waals surface area contributed by atoms with Crippen molar-refractivity contribution in [3.8, 4) is 0 Å². The standard InChI is InChI=1S/C12H17F2N3O/c1-2-5-17(8-12(15)16-18)7-9-6-10(13)3-4-11(9)14/h3-4,6,18H,2,5,7-8H2,1H3,(H2,15,16). The van der Waals surface area contributed by atoms with Crippen LogP contribution in [0.25, 0.3) is 0 Å². The van der Waals surface area contributed by atoms with Crippen molar-refractivity contribution in [2.75, 3.05) is 13.1 Å². The molecular formula is C12H17F2N3O. The number of hydrogen-bond donors (Lipinski definition) is 2. The number of amidine groups is 1. The summed E-state index contributed by atoms with van der Waals surface area (Å²) in [6.45, 7) is 3.03. The first-order chi connectivity index (χ1) is 8.56. The van der Waals surface area contributed by atoms with Crippen molar-refractivity contribution in [1.29, 1.82) is 0 Å². The molecule has 1 rings (SSSR count). The highest BCUT2D eigenvalue weighted by atomic mass is 19.1. The number of nitrogens with zero attached hydrogens (tertiary/aromatic N) is 2. The van der Waals surface area contributed by atoms with Crippen LogP contribution in [-0.2, 0) is 6.54 Å². The van der Waals surface area contributed by atoms with Gasteiger partial charge in [-0.05, 0) is 31.2 Å². The Bertz CT molecular complexity index is 424. The van der Waals surface area contributed by atoms with E-state index in [0.717, 1.165) is 24.6 Å². The lowest BCUT2D eigenvalue weighted by Crippen LogP contribution is -2.34. The normalized spacial score (nSPS) is 12.1. The Balaban J connectivity index is 2.79. The van der Waals surface area contributed by atoms with Gasteiger partial charge in [0.25, 0.3) is 0 Å². The molecule has 0 bridgehead atoms. The molecule has 0 atom stereocenters. The Kier molecular flexibility index (Phi) is 5.51. The van der Waals surface area contributed by atoms with Crippen LogP contribution in [0.15, 0.2) is 23.4 Å². The monoisotopic (exact) mass is 257 g/mol. The van der Waals surface area contributed by atoms with E-state index in [2.05, 4.69) is 5.16 Å². The van der Waals surface area contributed by atoms with Gasteiger partial charge in [0.1, 0.15) is 11.6 Å². The van der Waals surface area contributed by atoms with E-state index in [1.807, 2.05) is 6.92 Å². The summed E-state index contributed by atoms with van der Waals surface area (Å²) in [5, 5.41) is 11.4. The van der Waals surface area contributed by atoms with Crippen molar-refractivity contribution in [3.63, 3.8) is 0 Å². The van der Waals surface area contributed by atoms with Crippen molar-refractivity contribution in [2.45, 2.75) is 19.9 Å². The molecule has 0 aliphatic carbocycles. The molecule has 0 fully saturated rings. The minimum atomic E-state index is -0.480. The number of benzene rings is 1. The van der Waals surface area contributed by atoms with Gasteiger partial charge in [0.05, 0.1) is 6.54 Å². The summed E-state index contributed by atoms with van der Waals surface area (Å²) >= 11 is 0. The largest absolute Gasteiger partial charge is 0.409 e. The SMILES string of the molecule is CCCN(CC(N)=NO)Cc1cc(F)ccc1F. The van der Waals surface area contributed by atoms with E-state index in [1.54, 1.807) is 4.90 Å². The van der Waals surface area contributed by atoms with Crippen LogP contribution in [0.3, 0.4) is 0 Å². The summed E-state index contributed by atoms with van der Waals surface area (Å²) in [4.78, 5) is 1.78. The first-order valence-electron chi connectivity index (χ1n) is 5.69. The van der Waals surface area contributed by atoms with Gasteiger partial charge >= 0.3 is 0 Å². The summed E-state index contributed by atoms with van der Waals surface area (Å²) in [5.41, 5.74) is 5.67. The molecule has 1 aromatic rings. The van der Waals surface area contributed by atoms with Crippen LogP contribution >= 0.6 is 0 Å². The lowest BCUT2D eigenvalue weighted by Gasteiger charge is -2.21. The zero-order valence-corrected chi connectivity index (χ0v) is 10.2. The Morgan fingerprint density at radius 2 is 2.17 bits per heavy atom. The fourth-order valence-corrected chi connectivity index (χ4v) is 1.70. The Morgan fingerprint density at radius 3 is 2.78 bits per heavy atom. The van der Waals surface area contributed by atoms with Crippen LogP contribution in [0.4, 0.5) is 8.78 Å². The number of halogens is 2. The average Bonchev–Trinajstić information content (AvgIpc) is 2.34. The van der Waals surface area contributed by atoms with E-state index in [0.29, 0.717) is 6.54 Å². The predicted molar refractivity (Wildman–Crippen MR) is 65.3 cm³/mol. The molecule has 0 heterocycles. The maximum absolute atomic E-state index is 13.5. The van der Waals surface area contributed by atoms with Gasteiger partial charge in [0.2, 0.25) is 0 Å². The highest BCUT2D eigenvalue weighted by Crippen LogP contribution is 2.12. The van der Waals surface area contributed by atoms with Crippen molar-refractivity contribution < 1.29 is 14.0 Å². The Hall–Kier alpha value is -1.69. The summed E-state index contributed by atoms with van der Waals surface area (Å²) in [7, 11) is 0. The molecule has 18 heavy (non-hydrogen) atoms. The van der Waals surface area contributed by atoms with Crippen LogP contribution in [0.5, 0.6) is 0 Å². The molecule has 0 aromatic heterocycles. The molecule has 0 saturated heterocycles. The Morgan fingerprint density at radius 1 is 1.44 bits per heavy atom. The third-order valence-corrected chi connectivity index (χ3v) is 2.46. The zero-order chi connectivity index (χ0) is 13.5. The second-order valence-electron chi connectivity index (χ2n) is 4.04. The van der Waals surface area contributed by atoms with Crippen LogP contribution in [-0.4, -0.2) is 29.0 Å². The molecule has 6 heteroatoms. The first-order valence-corrected chi connectivity index (χ1v) is 5.69. The van der Waals surface area contributed by atoms with Gasteiger partial charge in [0.15, 0.2) is 5.84 Å². The van der Waals surface area contributed by atoms with E-state index in [9.17, 15) is 8.78 Å². The van der Waals surface area contributed by atoms with Gasteiger partial charge in [0, 0.05) is 12.1 Å². The third-order valence-electron chi connectivity index (χ3n) is 2.46. The van der Waals surface area contributed by atoms with E-state index < -0.39 is 11.6 Å². The van der Waals surface area contributed by atoms with Crippen LogP contribution < -0.4 is 5.73 Å². The molecule has 4 nitrogen and oxygen atoms in total. The molecule has 0 saturated carbocycles. The zero-order valence-electron chi connectivity index (χ0n) is 10.2. The smallest absolute Gasteiger partial charge is 0.153 e. The number of hydrogen-bond acceptors (Lipinski definition) is 3. The fraction of sp³-hybridized carbons (Fsp3) is 0.417. The molecule has 1 aromatic carbocycles. The molecule has 100 valence electrons. The lowest BCUT2D eigenvalue weighted by molar-refractivity contribution is 0.282. The summed E-state index contributed by atoms with van der Waals surface area (Å²) in [5.74, 6) is -0.899. The van der Waals surface area contributed by atoms with E-state index >= 15 is 0 Å². The quantitative estimate of drug-likeness (QED) is 0.354. The fourth-order valence-electron chi connectivity index (χ4n) is 1.70. The van der Waals surface area contributed by atoms with Gasteiger partial charge in [-0.15, -0.1) is 0 Å². The van der Waals surface area contributed by atoms with Gasteiger partial charge in [-0.2, -0.15) is 0 Å². The summed E-state index contributed by atoms with van der Waals surface area (Å²) in [6.07, 6.45) is 0.829. The van der Waals surface area contributed by atoms with Crippen molar-refractivity contribution >= 4 is 5.84 Å². The summed E-state index contributed by atoms with van der Waals surface area (Å²) < 4.78 is 26.5. The molecule has 0 aliphatic heterocycles. The second-order valence-corrected chi connectivity index (χ2v) is 4.04. The van der Waals surface area contributed by atoms with E-state index in [1.165, 1.54) is 0 Å². The molecule has 0 unspecified atom stereocenters. The molecule has 0 spiro atoms. The maximum Gasteiger partial charge on any atom is 0.153 e. The maximum atomic E-state index is 13.5. The van der Waals surface area contributed by atoms with Crippen LogP contribution in [0.1, 0.15) is 18.9 Å². The van der Waals surface area contributed by atoms with Crippen molar-refractivity contribution in [2.24, 2.45) is 10.9 Å². The van der Waals surface area contributed by atoms with Crippen molar-refractivity contribution in [1.82, 2.24) is 4.90 Å². The summed E-state index contributed by atoms with van der Waals surface area (Å²) in [6, 6.07) is 3.33. The minimum Gasteiger partial charge on any atom is -0.409 e. The van der Waals surface area contributed by atoms with Gasteiger partial charge in [-0.3, -0.25) is 4.90 Å². The van der Waals surface area contributed by atoms with Crippen LogP contribution in [0.2, 0.25) is 0 Å². The van der Waals surface area contributed by atoms with Gasteiger partial charge in [-0.1, -0.05) is 12.1 Å².